The Morgan fingerprint density at radius 2 is 1.90 bits per heavy atom. The van der Waals surface area contributed by atoms with Crippen LogP contribution in [0.25, 0.3) is 0 Å². The van der Waals surface area contributed by atoms with E-state index in [9.17, 15) is 0 Å². The van der Waals surface area contributed by atoms with Crippen molar-refractivity contribution >= 4 is 0 Å². The highest BCUT2D eigenvalue weighted by Crippen LogP contribution is 1.82. The molecule has 58 valence electrons. The van der Waals surface area contributed by atoms with Crippen molar-refractivity contribution in [1.82, 2.24) is 0 Å². The molecule has 0 heterocycles. The van der Waals surface area contributed by atoms with Gasteiger partial charge in [-0.15, -0.1) is 6.42 Å². The molecule has 0 aromatic heterocycles. The summed E-state index contributed by atoms with van der Waals surface area (Å²) in [5.74, 6) is 2.04. The largest absolute Gasteiger partial charge is 0.689 e. The van der Waals surface area contributed by atoms with E-state index in [0.29, 0.717) is 0 Å². The van der Waals surface area contributed by atoms with Gasteiger partial charge < -0.3 is 5.26 Å². The van der Waals surface area contributed by atoms with Gasteiger partial charge >= 0.3 is 0 Å². The summed E-state index contributed by atoms with van der Waals surface area (Å²) in [4.78, 5) is 4.01. The minimum absolute atomic E-state index is 0.137. The normalized spacial score (nSPS) is 9.20. The predicted molar refractivity (Wildman–Crippen MR) is 20.2 cm³/mol. The zero-order valence-corrected chi connectivity index (χ0v) is 4.64. The number of terminal acetylenes is 1. The maximum atomic E-state index is 8.96. The molecule has 0 aromatic rings. The third kappa shape index (κ3) is 7.28. The lowest BCUT2D eigenvalue weighted by Crippen LogP contribution is -2.07. The molecule has 0 aliphatic carbocycles. The molecule has 7 heteroatoms. The van der Waals surface area contributed by atoms with Crippen molar-refractivity contribution in [1.29, 1.82) is 0 Å². The van der Waals surface area contributed by atoms with Crippen molar-refractivity contribution in [2.75, 3.05) is 6.61 Å². The Morgan fingerprint density at radius 3 is 2.50 bits per heavy atom. The second-order valence-corrected chi connectivity index (χ2v) is 0.807. The zero-order chi connectivity index (χ0) is 7.66. The van der Waals surface area contributed by atoms with Crippen LogP contribution in [0.4, 0.5) is 0 Å². The van der Waals surface area contributed by atoms with Crippen LogP contribution in [0.5, 0.6) is 0 Å². The van der Waals surface area contributed by atoms with Crippen molar-refractivity contribution in [3.05, 3.63) is 0 Å². The molecule has 0 spiro atoms. The van der Waals surface area contributed by atoms with Crippen molar-refractivity contribution < 1.29 is 35.3 Å². The van der Waals surface area contributed by atoms with E-state index >= 15 is 0 Å². The second kappa shape index (κ2) is 8.28. The molecule has 10 heavy (non-hydrogen) atoms. The molecule has 0 N–H and O–H groups in total. The van der Waals surface area contributed by atoms with E-state index in [4.69, 9.17) is 11.7 Å². The third-order valence-corrected chi connectivity index (χ3v) is 0.301. The Labute approximate surface area is 55.5 Å². The van der Waals surface area contributed by atoms with E-state index in [2.05, 4.69) is 30.1 Å². The summed E-state index contributed by atoms with van der Waals surface area (Å²) in [6.45, 7) is -0.137. The van der Waals surface area contributed by atoms with Crippen LogP contribution in [0.2, 0.25) is 0 Å². The zero-order valence-electron chi connectivity index (χ0n) is 4.64. The van der Waals surface area contributed by atoms with E-state index in [1.165, 1.54) is 0 Å². The van der Waals surface area contributed by atoms with Gasteiger partial charge in [-0.25, -0.2) is 0 Å². The average molecular weight is 151 g/mol. The van der Waals surface area contributed by atoms with Crippen LogP contribution >= 0.6 is 0 Å². The van der Waals surface area contributed by atoms with Crippen LogP contribution in [0.3, 0.4) is 0 Å². The van der Waals surface area contributed by atoms with Crippen molar-refractivity contribution in [3.8, 4) is 12.3 Å². The van der Waals surface area contributed by atoms with Crippen LogP contribution in [0.1, 0.15) is 0 Å². The minimum Gasteiger partial charge on any atom is -0.689 e. The van der Waals surface area contributed by atoms with E-state index in [1.54, 1.807) is 0 Å². The van der Waals surface area contributed by atoms with E-state index in [0.717, 1.165) is 0 Å². The topological polar surface area (TPSA) is 78.4 Å². The molecule has 0 bridgehead atoms. The Kier molecular flexibility index (Phi) is 7.68. The maximum absolute atomic E-state index is 8.96. The molecule has 7 nitrogen and oxygen atoms in total. The van der Waals surface area contributed by atoms with Gasteiger partial charge in [0.05, 0.1) is 0 Å². The summed E-state index contributed by atoms with van der Waals surface area (Å²) in [6.07, 6.45) is 4.71. The first-order chi connectivity index (χ1) is 4.91. The van der Waals surface area contributed by atoms with Gasteiger partial charge in [0.2, 0.25) is 0 Å². The molecule has 0 unspecified atom stereocenters. The molecule has 0 amide bonds. The van der Waals surface area contributed by atoms with Gasteiger partial charge in [-0.3, -0.25) is 5.04 Å². The maximum Gasteiger partial charge on any atom is 0.146 e. The molecule has 0 aliphatic rings. The Balaban J connectivity index is 2.72. The van der Waals surface area contributed by atoms with E-state index < -0.39 is 0 Å². The second-order valence-electron chi connectivity index (χ2n) is 0.807. The molecular formula is C3H3O7-. The van der Waals surface area contributed by atoms with Crippen LogP contribution in [-0.4, -0.2) is 6.61 Å². The highest BCUT2D eigenvalue weighted by atomic mass is 17.9. The van der Waals surface area contributed by atoms with Crippen LogP contribution in [0, 0.1) is 12.3 Å². The van der Waals surface area contributed by atoms with Crippen molar-refractivity contribution in [2.45, 2.75) is 0 Å². The average Bonchev–Trinajstić information content (AvgIpc) is 1.97. The van der Waals surface area contributed by atoms with Crippen LogP contribution < -0.4 is 5.26 Å². The summed E-state index contributed by atoms with van der Waals surface area (Å²) >= 11 is 0. The third-order valence-electron chi connectivity index (χ3n) is 0.301. The SMILES string of the molecule is C#CCOOOOOO[O-]. The summed E-state index contributed by atoms with van der Waals surface area (Å²) in [5.41, 5.74) is 0. The molecular weight excluding hydrogens is 148 g/mol. The van der Waals surface area contributed by atoms with E-state index in [1.807, 2.05) is 5.92 Å². The summed E-state index contributed by atoms with van der Waals surface area (Å²) in [6, 6.07) is 0. The monoisotopic (exact) mass is 151 g/mol. The highest BCUT2D eigenvalue weighted by Gasteiger charge is 1.86. The Morgan fingerprint density at radius 1 is 1.20 bits per heavy atom. The predicted octanol–water partition coefficient (Wildman–Crippen LogP) is -1.43. The van der Waals surface area contributed by atoms with Gasteiger partial charge in [-0.1, -0.05) is 5.92 Å². The summed E-state index contributed by atoms with van der Waals surface area (Å²) in [5, 5.41) is 25.4. The Hall–Kier alpha value is -0.720. The standard InChI is InChI=1S/C3H4O7/c1-2-3-5-7-9-10-8-6-4/h1,4H,3H2/p-1. The number of hydrogen-bond donors (Lipinski definition) is 0. The first kappa shape index (κ1) is 9.28. The fourth-order valence-electron chi connectivity index (χ4n) is 0.112. The van der Waals surface area contributed by atoms with Crippen molar-refractivity contribution in [3.63, 3.8) is 0 Å². The van der Waals surface area contributed by atoms with Crippen LogP contribution in [-0.2, 0) is 30.1 Å². The van der Waals surface area contributed by atoms with Crippen molar-refractivity contribution in [2.24, 2.45) is 0 Å². The minimum atomic E-state index is -0.137. The van der Waals surface area contributed by atoms with E-state index in [-0.39, 0.29) is 6.61 Å². The lowest BCUT2D eigenvalue weighted by atomic mass is 10.8. The molecule has 0 radical (unpaired) electrons. The molecule has 0 saturated heterocycles. The molecule has 0 aromatic carbocycles. The number of rotatable bonds is 6. The van der Waals surface area contributed by atoms with Gasteiger partial charge in [-0.2, -0.15) is 4.89 Å². The smallest absolute Gasteiger partial charge is 0.146 e. The highest BCUT2D eigenvalue weighted by molar-refractivity contribution is 4.81. The molecule has 0 aliphatic heterocycles. The first-order valence-corrected chi connectivity index (χ1v) is 1.93. The first-order valence-electron chi connectivity index (χ1n) is 1.93. The van der Waals surface area contributed by atoms with Gasteiger partial charge in [0.15, 0.2) is 0 Å². The molecule has 0 saturated carbocycles. The molecule has 0 atom stereocenters. The quantitative estimate of drug-likeness (QED) is 0.199. The Bertz CT molecular complexity index is 95.5. The van der Waals surface area contributed by atoms with Gasteiger partial charge in [0, 0.05) is 0 Å². The van der Waals surface area contributed by atoms with Gasteiger partial charge in [0.1, 0.15) is 6.61 Å². The van der Waals surface area contributed by atoms with Gasteiger partial charge in [0.25, 0.3) is 0 Å². The summed E-state index contributed by atoms with van der Waals surface area (Å²) in [7, 11) is 0. The lowest BCUT2D eigenvalue weighted by molar-refractivity contribution is -0.898. The fourth-order valence-corrected chi connectivity index (χ4v) is 0.112. The van der Waals surface area contributed by atoms with Crippen LogP contribution in [0.15, 0.2) is 0 Å². The molecule has 0 rings (SSSR count). The summed E-state index contributed by atoms with van der Waals surface area (Å²) < 4.78 is 0. The number of hydrogen-bond acceptors (Lipinski definition) is 7. The lowest BCUT2D eigenvalue weighted by Gasteiger charge is -2.00. The van der Waals surface area contributed by atoms with Gasteiger partial charge in [-0.05, 0) is 20.2 Å². The fraction of sp³-hybridized carbons (Fsp3) is 0.333. The molecule has 0 fully saturated rings.